The molecule has 2 aromatic rings. The van der Waals surface area contributed by atoms with Crippen LogP contribution in [0.15, 0.2) is 35.7 Å². The fourth-order valence-corrected chi connectivity index (χ4v) is 2.21. The van der Waals surface area contributed by atoms with Crippen LogP contribution in [0.3, 0.4) is 0 Å². The van der Waals surface area contributed by atoms with Crippen LogP contribution >= 0.6 is 11.3 Å². The number of aliphatic hydroxyl groups is 1. The average molecular weight is 230 g/mol. The molecule has 1 atom stereocenters. The molecule has 0 aliphatic rings. The number of hydrogen-bond acceptors (Lipinski definition) is 4. The molecule has 0 spiro atoms. The van der Waals surface area contributed by atoms with Crippen molar-refractivity contribution in [3.63, 3.8) is 0 Å². The van der Waals surface area contributed by atoms with Crippen LogP contribution in [0, 0.1) is 11.3 Å². The minimum atomic E-state index is -1.11. The van der Waals surface area contributed by atoms with Crippen LogP contribution in [0.25, 0.3) is 0 Å². The Labute approximate surface area is 97.6 Å². The largest absolute Gasteiger partial charge is 0.373 e. The van der Waals surface area contributed by atoms with Crippen molar-refractivity contribution in [3.8, 4) is 6.07 Å². The molecule has 0 amide bonds. The second-order valence-corrected chi connectivity index (χ2v) is 4.30. The van der Waals surface area contributed by atoms with Crippen molar-refractivity contribution in [3.05, 3.63) is 52.0 Å². The molecule has 16 heavy (non-hydrogen) atoms. The van der Waals surface area contributed by atoms with Gasteiger partial charge in [0.1, 0.15) is 6.07 Å². The number of nitriles is 1. The van der Waals surface area contributed by atoms with E-state index in [1.165, 1.54) is 16.9 Å². The van der Waals surface area contributed by atoms with Crippen molar-refractivity contribution < 1.29 is 5.11 Å². The molecule has 1 aromatic carbocycles. The molecular weight excluding hydrogens is 220 g/mol. The van der Waals surface area contributed by atoms with Gasteiger partial charge in [-0.25, -0.2) is 4.98 Å². The molecule has 0 saturated heterocycles. The maximum Gasteiger partial charge on any atom is 0.183 e. The topological polar surface area (TPSA) is 56.9 Å². The van der Waals surface area contributed by atoms with Crippen LogP contribution in [-0.4, -0.2) is 10.1 Å². The van der Waals surface area contributed by atoms with Gasteiger partial charge in [0.15, 0.2) is 6.10 Å². The van der Waals surface area contributed by atoms with Gasteiger partial charge in [-0.2, -0.15) is 5.26 Å². The second-order valence-electron chi connectivity index (χ2n) is 3.36. The number of rotatable bonds is 3. The summed E-state index contributed by atoms with van der Waals surface area (Å²) in [5.74, 6) is 0. The van der Waals surface area contributed by atoms with E-state index >= 15 is 0 Å². The van der Waals surface area contributed by atoms with Crippen molar-refractivity contribution >= 4 is 11.3 Å². The van der Waals surface area contributed by atoms with Gasteiger partial charge in [-0.15, -0.1) is 11.3 Å². The molecule has 1 unspecified atom stereocenters. The van der Waals surface area contributed by atoms with Gasteiger partial charge in [0.2, 0.25) is 0 Å². The third kappa shape index (κ3) is 2.45. The van der Waals surface area contributed by atoms with Gasteiger partial charge in [0.25, 0.3) is 0 Å². The lowest BCUT2D eigenvalue weighted by molar-refractivity contribution is 0.231. The number of hydrogen-bond donors (Lipinski definition) is 1. The van der Waals surface area contributed by atoms with Gasteiger partial charge >= 0.3 is 0 Å². The Hall–Kier alpha value is -1.70. The third-order valence-electron chi connectivity index (χ3n) is 2.17. The standard InChI is InChI=1S/C12H10N2OS/c13-7-11(15)10-8-16-12(14-10)6-9-4-2-1-3-5-9/h1-5,8,11,15H,6H2. The predicted octanol–water partition coefficient (Wildman–Crippen LogP) is 2.29. The Morgan fingerprint density at radius 1 is 1.38 bits per heavy atom. The van der Waals surface area contributed by atoms with Crippen LogP contribution in [0.5, 0.6) is 0 Å². The molecule has 1 aromatic heterocycles. The molecule has 3 nitrogen and oxygen atoms in total. The molecule has 80 valence electrons. The van der Waals surface area contributed by atoms with Crippen LogP contribution in [0.4, 0.5) is 0 Å². The van der Waals surface area contributed by atoms with Crippen molar-refractivity contribution in [1.82, 2.24) is 4.98 Å². The minimum Gasteiger partial charge on any atom is -0.373 e. The maximum atomic E-state index is 9.29. The van der Waals surface area contributed by atoms with Crippen LogP contribution in [0.2, 0.25) is 0 Å². The molecule has 2 rings (SSSR count). The van der Waals surface area contributed by atoms with E-state index in [-0.39, 0.29) is 0 Å². The molecule has 0 aliphatic carbocycles. The Kier molecular flexibility index (Phi) is 3.30. The molecule has 0 radical (unpaired) electrons. The zero-order chi connectivity index (χ0) is 11.4. The van der Waals surface area contributed by atoms with Gasteiger partial charge in [0.05, 0.1) is 10.7 Å². The first-order valence-corrected chi connectivity index (χ1v) is 5.73. The number of benzene rings is 1. The summed E-state index contributed by atoms with van der Waals surface area (Å²) in [6, 6.07) is 11.7. The summed E-state index contributed by atoms with van der Waals surface area (Å²) in [4.78, 5) is 4.22. The predicted molar refractivity (Wildman–Crippen MR) is 61.9 cm³/mol. The van der Waals surface area contributed by atoms with Gasteiger partial charge in [0, 0.05) is 11.8 Å². The first-order chi connectivity index (χ1) is 7.79. The summed E-state index contributed by atoms with van der Waals surface area (Å²) < 4.78 is 0. The summed E-state index contributed by atoms with van der Waals surface area (Å²) in [5.41, 5.74) is 1.62. The van der Waals surface area contributed by atoms with Crippen molar-refractivity contribution in [1.29, 1.82) is 5.26 Å². The van der Waals surface area contributed by atoms with E-state index in [0.717, 1.165) is 11.4 Å². The van der Waals surface area contributed by atoms with E-state index < -0.39 is 6.10 Å². The van der Waals surface area contributed by atoms with Crippen molar-refractivity contribution in [2.75, 3.05) is 0 Å². The zero-order valence-electron chi connectivity index (χ0n) is 8.50. The Morgan fingerprint density at radius 3 is 2.81 bits per heavy atom. The average Bonchev–Trinajstić information content (AvgIpc) is 2.78. The lowest BCUT2D eigenvalue weighted by Crippen LogP contribution is -1.94. The number of aromatic nitrogens is 1. The summed E-state index contributed by atoms with van der Waals surface area (Å²) in [5, 5.41) is 20.5. The van der Waals surface area contributed by atoms with E-state index in [1.54, 1.807) is 11.4 Å². The lowest BCUT2D eigenvalue weighted by Gasteiger charge is -1.97. The summed E-state index contributed by atoms with van der Waals surface area (Å²) in [6.07, 6.45) is -0.371. The normalized spacial score (nSPS) is 12.0. The Morgan fingerprint density at radius 2 is 2.12 bits per heavy atom. The first-order valence-electron chi connectivity index (χ1n) is 4.85. The molecule has 0 aliphatic heterocycles. The zero-order valence-corrected chi connectivity index (χ0v) is 9.31. The SMILES string of the molecule is N#CC(O)c1csc(Cc2ccccc2)n1. The lowest BCUT2D eigenvalue weighted by atomic mass is 10.2. The summed E-state index contributed by atoms with van der Waals surface area (Å²) >= 11 is 1.47. The molecule has 0 bridgehead atoms. The maximum absolute atomic E-state index is 9.29. The molecule has 0 saturated carbocycles. The van der Waals surface area contributed by atoms with Crippen LogP contribution in [-0.2, 0) is 6.42 Å². The monoisotopic (exact) mass is 230 g/mol. The van der Waals surface area contributed by atoms with Gasteiger partial charge < -0.3 is 5.11 Å². The highest BCUT2D eigenvalue weighted by Gasteiger charge is 2.10. The highest BCUT2D eigenvalue weighted by Crippen LogP contribution is 2.18. The van der Waals surface area contributed by atoms with E-state index in [0.29, 0.717) is 5.69 Å². The Bertz CT molecular complexity index is 501. The van der Waals surface area contributed by atoms with Gasteiger partial charge in [-0.3, -0.25) is 0 Å². The Balaban J connectivity index is 2.12. The third-order valence-corrected chi connectivity index (χ3v) is 3.04. The number of thiazole rings is 1. The van der Waals surface area contributed by atoms with Gasteiger partial charge in [-0.1, -0.05) is 30.3 Å². The highest BCUT2D eigenvalue weighted by atomic mass is 32.1. The van der Waals surface area contributed by atoms with Crippen molar-refractivity contribution in [2.45, 2.75) is 12.5 Å². The smallest absolute Gasteiger partial charge is 0.183 e. The molecule has 1 heterocycles. The number of aliphatic hydroxyl groups excluding tert-OH is 1. The van der Waals surface area contributed by atoms with Gasteiger partial charge in [-0.05, 0) is 5.56 Å². The second kappa shape index (κ2) is 4.88. The van der Waals surface area contributed by atoms with E-state index in [4.69, 9.17) is 5.26 Å². The highest BCUT2D eigenvalue weighted by molar-refractivity contribution is 7.09. The van der Waals surface area contributed by atoms with Crippen molar-refractivity contribution in [2.24, 2.45) is 0 Å². The summed E-state index contributed by atoms with van der Waals surface area (Å²) in [6.45, 7) is 0. The number of nitrogens with zero attached hydrogens (tertiary/aromatic N) is 2. The molecule has 4 heteroatoms. The minimum absolute atomic E-state index is 0.443. The fourth-order valence-electron chi connectivity index (χ4n) is 1.37. The van der Waals surface area contributed by atoms with E-state index in [1.807, 2.05) is 30.3 Å². The fraction of sp³-hybridized carbons (Fsp3) is 0.167. The first kappa shape index (κ1) is 10.8. The van der Waals surface area contributed by atoms with Crippen LogP contribution in [0.1, 0.15) is 22.4 Å². The van der Waals surface area contributed by atoms with Crippen LogP contribution < -0.4 is 0 Å². The van der Waals surface area contributed by atoms with E-state index in [9.17, 15) is 5.11 Å². The quantitative estimate of drug-likeness (QED) is 0.823. The van der Waals surface area contributed by atoms with E-state index in [2.05, 4.69) is 4.98 Å². The molecular formula is C12H10N2OS. The summed E-state index contributed by atoms with van der Waals surface area (Å²) in [7, 11) is 0. The molecule has 0 fully saturated rings. The molecule has 1 N–H and O–H groups in total.